The first-order valence-corrected chi connectivity index (χ1v) is 8.95. The van der Waals surface area contributed by atoms with Gasteiger partial charge >= 0.3 is 6.18 Å². The van der Waals surface area contributed by atoms with Crippen LogP contribution in [0.5, 0.6) is 0 Å². The summed E-state index contributed by atoms with van der Waals surface area (Å²) in [6.07, 6.45) is -4.97. The van der Waals surface area contributed by atoms with Crippen LogP contribution in [0.4, 0.5) is 24.5 Å². The molecule has 4 nitrogen and oxygen atoms in total. The summed E-state index contributed by atoms with van der Waals surface area (Å²) in [6.45, 7) is 0.0387. The van der Waals surface area contributed by atoms with Crippen molar-refractivity contribution in [3.8, 4) is 0 Å². The lowest BCUT2D eigenvalue weighted by molar-refractivity contribution is -0.119. The highest BCUT2D eigenvalue weighted by molar-refractivity contribution is 5.85. The molecule has 0 spiro atoms. The number of halogens is 4. The molecular weight excluding hydrogens is 391 g/mol. The van der Waals surface area contributed by atoms with Crippen LogP contribution in [0, 0.1) is 0 Å². The SMILES string of the molecule is CNCC(O)C(c1ccccc1)N1CCN(CC(F)(F)F)c2ccccc21.Cl. The summed E-state index contributed by atoms with van der Waals surface area (Å²) in [5.74, 6) is 0. The average Bonchev–Trinajstić information content (AvgIpc) is 2.64. The quantitative estimate of drug-likeness (QED) is 0.756. The average molecular weight is 416 g/mol. The number of alkyl halides is 3. The van der Waals surface area contributed by atoms with Crippen LogP contribution in [0.25, 0.3) is 0 Å². The Kier molecular flexibility index (Phi) is 7.57. The Morgan fingerprint density at radius 3 is 2.21 bits per heavy atom. The van der Waals surface area contributed by atoms with E-state index >= 15 is 0 Å². The van der Waals surface area contributed by atoms with Crippen LogP contribution in [-0.2, 0) is 0 Å². The van der Waals surface area contributed by atoms with Crippen molar-refractivity contribution in [2.24, 2.45) is 0 Å². The van der Waals surface area contributed by atoms with Gasteiger partial charge in [-0.15, -0.1) is 12.4 Å². The fourth-order valence-corrected chi connectivity index (χ4v) is 3.69. The van der Waals surface area contributed by atoms with Crippen molar-refractivity contribution in [1.82, 2.24) is 5.32 Å². The highest BCUT2D eigenvalue weighted by Crippen LogP contribution is 2.40. The topological polar surface area (TPSA) is 38.7 Å². The third-order valence-corrected chi connectivity index (χ3v) is 4.77. The molecule has 0 amide bonds. The molecule has 1 aliphatic rings. The monoisotopic (exact) mass is 415 g/mol. The second-order valence-electron chi connectivity index (χ2n) is 6.70. The van der Waals surface area contributed by atoms with E-state index in [2.05, 4.69) is 5.32 Å². The minimum atomic E-state index is -4.26. The van der Waals surface area contributed by atoms with Gasteiger partial charge in [-0.05, 0) is 24.7 Å². The molecule has 1 heterocycles. The van der Waals surface area contributed by atoms with Crippen LogP contribution in [0.2, 0.25) is 0 Å². The zero-order valence-corrected chi connectivity index (χ0v) is 16.4. The molecule has 0 aliphatic carbocycles. The molecule has 2 N–H and O–H groups in total. The van der Waals surface area contributed by atoms with E-state index in [-0.39, 0.29) is 25.0 Å². The normalized spacial score (nSPS) is 16.2. The molecular formula is C20H25ClF3N3O. The zero-order valence-electron chi connectivity index (χ0n) is 15.6. The fourth-order valence-electron chi connectivity index (χ4n) is 3.69. The molecule has 0 saturated heterocycles. The summed E-state index contributed by atoms with van der Waals surface area (Å²) < 4.78 is 38.9. The van der Waals surface area contributed by atoms with Crippen LogP contribution in [0.3, 0.4) is 0 Å². The van der Waals surface area contributed by atoms with Crippen LogP contribution < -0.4 is 15.1 Å². The molecule has 0 aromatic heterocycles. The molecule has 2 unspecified atom stereocenters. The molecule has 2 aromatic carbocycles. The summed E-state index contributed by atoms with van der Waals surface area (Å²) in [6, 6.07) is 16.3. The van der Waals surface area contributed by atoms with E-state index in [0.717, 1.165) is 5.56 Å². The Bertz CT molecular complexity index is 745. The number of hydrogen-bond donors (Lipinski definition) is 2. The van der Waals surface area contributed by atoms with E-state index in [4.69, 9.17) is 0 Å². The van der Waals surface area contributed by atoms with Gasteiger partial charge in [-0.2, -0.15) is 13.2 Å². The molecule has 0 saturated carbocycles. The molecule has 154 valence electrons. The summed E-state index contributed by atoms with van der Waals surface area (Å²) >= 11 is 0. The number of likely N-dealkylation sites (N-methyl/N-ethyl adjacent to an activating group) is 1. The number of anilines is 2. The van der Waals surface area contributed by atoms with E-state index < -0.39 is 18.8 Å². The third kappa shape index (κ3) is 5.10. The fraction of sp³-hybridized carbons (Fsp3) is 0.400. The van der Waals surface area contributed by atoms with Crippen molar-refractivity contribution in [3.05, 3.63) is 60.2 Å². The van der Waals surface area contributed by atoms with Crippen molar-refractivity contribution in [2.75, 3.05) is 43.0 Å². The maximum atomic E-state index is 13.0. The number of aliphatic hydroxyl groups is 1. The van der Waals surface area contributed by atoms with Gasteiger partial charge in [-0.25, -0.2) is 0 Å². The predicted molar refractivity (Wildman–Crippen MR) is 108 cm³/mol. The number of nitrogens with one attached hydrogen (secondary N) is 1. The van der Waals surface area contributed by atoms with Crippen molar-refractivity contribution >= 4 is 23.8 Å². The summed E-state index contributed by atoms with van der Waals surface area (Å²) in [5.41, 5.74) is 2.18. The molecule has 28 heavy (non-hydrogen) atoms. The Morgan fingerprint density at radius 2 is 1.61 bits per heavy atom. The van der Waals surface area contributed by atoms with Crippen molar-refractivity contribution < 1.29 is 18.3 Å². The standard InChI is InChI=1S/C20H24F3N3O.ClH/c1-24-13-18(27)19(15-7-3-2-4-8-15)26-12-11-25(14-20(21,22)23)16-9-5-6-10-17(16)26;/h2-10,18-19,24,27H,11-14H2,1H3;1H. The van der Waals surface area contributed by atoms with Crippen LogP contribution in [0.1, 0.15) is 11.6 Å². The van der Waals surface area contributed by atoms with E-state index in [1.807, 2.05) is 47.4 Å². The van der Waals surface area contributed by atoms with E-state index in [9.17, 15) is 18.3 Å². The van der Waals surface area contributed by atoms with E-state index in [1.54, 1.807) is 19.2 Å². The molecule has 3 rings (SSSR count). The van der Waals surface area contributed by atoms with Gasteiger partial charge in [-0.3, -0.25) is 0 Å². The molecule has 2 atom stereocenters. The smallest absolute Gasteiger partial charge is 0.389 e. The Labute approximate surface area is 169 Å². The molecule has 0 bridgehead atoms. The van der Waals surface area contributed by atoms with Gasteiger partial charge in [0.2, 0.25) is 0 Å². The van der Waals surface area contributed by atoms with Crippen LogP contribution >= 0.6 is 12.4 Å². The van der Waals surface area contributed by atoms with Crippen LogP contribution in [-0.4, -0.2) is 50.6 Å². The maximum absolute atomic E-state index is 13.0. The maximum Gasteiger partial charge on any atom is 0.405 e. The Morgan fingerprint density at radius 1 is 1.00 bits per heavy atom. The Hall–Kier alpha value is -1.96. The van der Waals surface area contributed by atoms with Gasteiger partial charge < -0.3 is 20.2 Å². The largest absolute Gasteiger partial charge is 0.405 e. The van der Waals surface area contributed by atoms with Gasteiger partial charge in [-0.1, -0.05) is 42.5 Å². The minimum absolute atomic E-state index is 0. The zero-order chi connectivity index (χ0) is 19.4. The Balaban J connectivity index is 0.00000280. The third-order valence-electron chi connectivity index (χ3n) is 4.77. The first-order chi connectivity index (χ1) is 12.9. The number of rotatable bonds is 6. The highest BCUT2D eigenvalue weighted by atomic mass is 35.5. The summed E-state index contributed by atoms with van der Waals surface area (Å²) in [7, 11) is 1.76. The van der Waals surface area contributed by atoms with E-state index in [0.29, 0.717) is 24.5 Å². The van der Waals surface area contributed by atoms with Gasteiger partial charge in [0.15, 0.2) is 0 Å². The predicted octanol–water partition coefficient (Wildman–Crippen LogP) is 3.62. The van der Waals surface area contributed by atoms with Crippen LogP contribution in [0.15, 0.2) is 54.6 Å². The lowest BCUT2D eigenvalue weighted by Crippen LogP contribution is -2.49. The lowest BCUT2D eigenvalue weighted by atomic mass is 9.97. The van der Waals surface area contributed by atoms with Crippen molar-refractivity contribution in [2.45, 2.75) is 18.3 Å². The summed E-state index contributed by atoms with van der Waals surface area (Å²) in [5, 5.41) is 13.8. The summed E-state index contributed by atoms with van der Waals surface area (Å²) in [4.78, 5) is 3.37. The second-order valence-corrected chi connectivity index (χ2v) is 6.70. The lowest BCUT2D eigenvalue weighted by Gasteiger charge is -2.44. The van der Waals surface area contributed by atoms with Gasteiger partial charge in [0.1, 0.15) is 6.54 Å². The number of nitrogens with zero attached hydrogens (tertiary/aromatic N) is 2. The second kappa shape index (κ2) is 9.49. The molecule has 0 radical (unpaired) electrons. The van der Waals surface area contributed by atoms with Crippen molar-refractivity contribution in [1.29, 1.82) is 0 Å². The molecule has 8 heteroatoms. The number of fused-ring (bicyclic) bond motifs is 1. The molecule has 2 aromatic rings. The first-order valence-electron chi connectivity index (χ1n) is 8.95. The number of hydrogen-bond acceptors (Lipinski definition) is 4. The highest BCUT2D eigenvalue weighted by Gasteiger charge is 2.37. The van der Waals surface area contributed by atoms with Gasteiger partial charge in [0.25, 0.3) is 0 Å². The number of aliphatic hydroxyl groups excluding tert-OH is 1. The first kappa shape index (κ1) is 22.3. The minimum Gasteiger partial charge on any atom is -0.389 e. The molecule has 0 fully saturated rings. The number of para-hydroxylation sites is 2. The van der Waals surface area contributed by atoms with Gasteiger partial charge in [0, 0.05) is 19.6 Å². The van der Waals surface area contributed by atoms with Crippen molar-refractivity contribution in [3.63, 3.8) is 0 Å². The van der Waals surface area contributed by atoms with Gasteiger partial charge in [0.05, 0.1) is 23.5 Å². The molecule has 1 aliphatic heterocycles. The van der Waals surface area contributed by atoms with E-state index in [1.165, 1.54) is 4.90 Å². The number of benzene rings is 2.